The van der Waals surface area contributed by atoms with Crippen LogP contribution in [0.5, 0.6) is 0 Å². The molecule has 0 radical (unpaired) electrons. The number of thiophene rings is 1. The first-order valence-electron chi connectivity index (χ1n) is 10.9. The van der Waals surface area contributed by atoms with Gasteiger partial charge in [0.15, 0.2) is 0 Å². The number of rotatable bonds is 4. The number of carbonyl (C=O) groups excluding carboxylic acids is 2. The molecule has 3 heterocycles. The highest BCUT2D eigenvalue weighted by molar-refractivity contribution is 7.12. The molecular formula is C23H25N5O2S. The molecule has 3 N–H and O–H groups in total. The van der Waals surface area contributed by atoms with Gasteiger partial charge in [-0.3, -0.25) is 9.59 Å². The first-order chi connectivity index (χ1) is 15.2. The summed E-state index contributed by atoms with van der Waals surface area (Å²) in [5.41, 5.74) is 3.41. The number of fused-ring (bicyclic) bond motifs is 3. The van der Waals surface area contributed by atoms with Gasteiger partial charge in [-0.15, -0.1) is 21.5 Å². The topological polar surface area (TPSA) is 99.8 Å². The van der Waals surface area contributed by atoms with Crippen molar-refractivity contribution >= 4 is 28.8 Å². The van der Waals surface area contributed by atoms with E-state index in [-0.39, 0.29) is 11.7 Å². The molecule has 0 saturated carbocycles. The largest absolute Gasteiger partial charge is 0.337 e. The molecule has 1 aliphatic heterocycles. The van der Waals surface area contributed by atoms with Gasteiger partial charge < -0.3 is 15.6 Å². The van der Waals surface area contributed by atoms with E-state index in [0.717, 1.165) is 30.5 Å². The summed E-state index contributed by atoms with van der Waals surface area (Å²) in [7, 11) is 0. The van der Waals surface area contributed by atoms with Gasteiger partial charge in [0.2, 0.25) is 11.7 Å². The Morgan fingerprint density at radius 1 is 1.06 bits per heavy atom. The summed E-state index contributed by atoms with van der Waals surface area (Å²) >= 11 is 1.83. The summed E-state index contributed by atoms with van der Waals surface area (Å²) in [6, 6.07) is 9.28. The number of hydrogen-bond donors (Lipinski definition) is 3. The van der Waals surface area contributed by atoms with Crippen LogP contribution in [-0.4, -0.2) is 33.0 Å². The highest BCUT2D eigenvalue weighted by atomic mass is 32.1. The van der Waals surface area contributed by atoms with E-state index in [0.29, 0.717) is 18.7 Å². The third kappa shape index (κ3) is 4.25. The molecule has 8 heteroatoms. The smallest absolute Gasteiger partial charge is 0.289 e. The van der Waals surface area contributed by atoms with Crippen LogP contribution in [0, 0.1) is 0 Å². The van der Waals surface area contributed by atoms with Crippen molar-refractivity contribution in [2.45, 2.75) is 57.4 Å². The van der Waals surface area contributed by atoms with Gasteiger partial charge in [-0.1, -0.05) is 36.8 Å². The lowest BCUT2D eigenvalue weighted by molar-refractivity contribution is -0.118. The number of carbonyl (C=O) groups is 2. The lowest BCUT2D eigenvalue weighted by atomic mass is 10.1. The lowest BCUT2D eigenvalue weighted by Gasteiger charge is -2.15. The Hall–Kier alpha value is -3.00. The second-order valence-electron chi connectivity index (χ2n) is 8.20. The quantitative estimate of drug-likeness (QED) is 0.547. The van der Waals surface area contributed by atoms with Crippen molar-refractivity contribution in [2.75, 3.05) is 5.32 Å². The Labute approximate surface area is 184 Å². The van der Waals surface area contributed by atoms with Gasteiger partial charge in [0.25, 0.3) is 5.91 Å². The van der Waals surface area contributed by atoms with Crippen LogP contribution in [0.4, 0.5) is 5.69 Å². The van der Waals surface area contributed by atoms with Gasteiger partial charge >= 0.3 is 0 Å². The Morgan fingerprint density at radius 2 is 1.90 bits per heavy atom. The van der Waals surface area contributed by atoms with Crippen molar-refractivity contribution in [3.8, 4) is 0 Å². The summed E-state index contributed by atoms with van der Waals surface area (Å²) in [6.07, 6.45) is 7.70. The molecule has 0 spiro atoms. The number of aromatic nitrogens is 3. The van der Waals surface area contributed by atoms with Crippen LogP contribution in [0.25, 0.3) is 0 Å². The molecule has 160 valence electrons. The van der Waals surface area contributed by atoms with E-state index in [1.165, 1.54) is 34.6 Å². The van der Waals surface area contributed by atoms with Crippen molar-refractivity contribution in [1.29, 1.82) is 0 Å². The third-order valence-corrected chi connectivity index (χ3v) is 7.34. The third-order valence-electron chi connectivity index (χ3n) is 5.99. The maximum absolute atomic E-state index is 12.9. The molecule has 31 heavy (non-hydrogen) atoms. The van der Waals surface area contributed by atoms with Crippen LogP contribution in [0.3, 0.4) is 0 Å². The number of aryl methyl sites for hydroxylation is 2. The molecule has 1 unspecified atom stereocenters. The van der Waals surface area contributed by atoms with Gasteiger partial charge in [-0.05, 0) is 49.7 Å². The molecule has 1 aliphatic carbocycles. The highest BCUT2D eigenvalue weighted by Gasteiger charge is 2.30. The van der Waals surface area contributed by atoms with Crippen molar-refractivity contribution in [3.63, 3.8) is 0 Å². The number of H-pyrrole nitrogens is 1. The van der Waals surface area contributed by atoms with Gasteiger partial charge in [0.1, 0.15) is 11.9 Å². The molecule has 1 atom stereocenters. The number of aromatic amines is 1. The molecule has 5 rings (SSSR count). The number of hydrogen-bond acceptors (Lipinski definition) is 5. The van der Waals surface area contributed by atoms with E-state index in [1.54, 1.807) is 0 Å². The lowest BCUT2D eigenvalue weighted by Crippen LogP contribution is -2.43. The summed E-state index contributed by atoms with van der Waals surface area (Å²) in [6.45, 7) is 0. The molecule has 3 aromatic rings. The van der Waals surface area contributed by atoms with E-state index in [9.17, 15) is 9.59 Å². The monoisotopic (exact) mass is 435 g/mol. The fraction of sp³-hybridized carbons (Fsp3) is 0.391. The Kier molecular flexibility index (Phi) is 5.55. The second-order valence-corrected chi connectivity index (χ2v) is 9.39. The van der Waals surface area contributed by atoms with Gasteiger partial charge in [-0.25, -0.2) is 0 Å². The van der Waals surface area contributed by atoms with E-state index in [4.69, 9.17) is 0 Å². The van der Waals surface area contributed by atoms with Crippen LogP contribution >= 0.6 is 11.3 Å². The first kappa shape index (κ1) is 19.9. The zero-order chi connectivity index (χ0) is 21.2. The van der Waals surface area contributed by atoms with Crippen molar-refractivity contribution in [1.82, 2.24) is 20.5 Å². The van der Waals surface area contributed by atoms with E-state index in [2.05, 4.69) is 25.8 Å². The Bertz CT molecular complexity index is 1100. The predicted molar refractivity (Wildman–Crippen MR) is 119 cm³/mol. The molecule has 2 amide bonds. The average molecular weight is 436 g/mol. The molecule has 1 aromatic carbocycles. The molecule has 0 saturated heterocycles. The number of amides is 2. The summed E-state index contributed by atoms with van der Waals surface area (Å²) in [5.74, 6) is 0.190. The predicted octanol–water partition coefficient (Wildman–Crippen LogP) is 3.41. The van der Waals surface area contributed by atoms with E-state index >= 15 is 0 Å². The first-order valence-corrected chi connectivity index (χ1v) is 11.7. The fourth-order valence-electron chi connectivity index (χ4n) is 4.37. The number of nitrogens with zero attached hydrogens (tertiary/aromatic N) is 2. The van der Waals surface area contributed by atoms with Gasteiger partial charge in [-0.2, -0.15) is 0 Å². The highest BCUT2D eigenvalue weighted by Crippen LogP contribution is 2.39. The summed E-state index contributed by atoms with van der Waals surface area (Å²) < 4.78 is 0. The zero-order valence-electron chi connectivity index (χ0n) is 17.2. The van der Waals surface area contributed by atoms with Gasteiger partial charge in [0.05, 0.1) is 5.69 Å². The maximum atomic E-state index is 12.9. The molecule has 2 aliphatic rings. The second kappa shape index (κ2) is 8.63. The summed E-state index contributed by atoms with van der Waals surface area (Å²) in [4.78, 5) is 31.2. The number of nitrogens with one attached hydrogen (secondary N) is 3. The van der Waals surface area contributed by atoms with Crippen molar-refractivity contribution in [2.24, 2.45) is 0 Å². The van der Waals surface area contributed by atoms with Crippen LogP contribution in [0.15, 0.2) is 30.3 Å². The molecule has 7 nitrogen and oxygen atoms in total. The maximum Gasteiger partial charge on any atom is 0.289 e. The average Bonchev–Trinajstić information content (AvgIpc) is 3.23. The minimum atomic E-state index is -0.587. The minimum absolute atomic E-state index is 0.131. The van der Waals surface area contributed by atoms with Crippen LogP contribution in [-0.2, 0) is 30.5 Å². The van der Waals surface area contributed by atoms with Gasteiger partial charge in [0, 0.05) is 16.2 Å². The van der Waals surface area contributed by atoms with Crippen LogP contribution in [0.1, 0.15) is 63.0 Å². The fourth-order valence-corrected chi connectivity index (χ4v) is 5.74. The molecular weight excluding hydrogens is 410 g/mol. The Morgan fingerprint density at radius 3 is 2.77 bits per heavy atom. The SMILES string of the molecule is O=C(NC1CCc2sc3c(c2NC1=O)CCCCC3)c1nnc(Cc2ccccc2)[nH]1. The van der Waals surface area contributed by atoms with E-state index < -0.39 is 11.9 Å². The van der Waals surface area contributed by atoms with Crippen LogP contribution < -0.4 is 10.6 Å². The number of anilines is 1. The molecule has 2 aromatic heterocycles. The Balaban J connectivity index is 1.25. The van der Waals surface area contributed by atoms with E-state index in [1.807, 2.05) is 41.7 Å². The molecule has 0 fully saturated rings. The van der Waals surface area contributed by atoms with Crippen LogP contribution in [0.2, 0.25) is 0 Å². The minimum Gasteiger partial charge on any atom is -0.337 e. The van der Waals surface area contributed by atoms with Crippen molar-refractivity contribution < 1.29 is 9.59 Å². The molecule has 0 bridgehead atoms. The van der Waals surface area contributed by atoms with Crippen molar-refractivity contribution in [3.05, 3.63) is 62.9 Å². The normalized spacial score (nSPS) is 18.3. The number of benzene rings is 1. The standard InChI is InChI=1S/C23H25N5O2S/c29-22-16(11-12-18-20(26-22)15-9-5-2-6-10-17(15)31-18)24-23(30)21-25-19(27-28-21)13-14-7-3-1-4-8-14/h1,3-4,7-8,16H,2,5-6,9-13H2,(H,24,30)(H,26,29)(H,25,27,28). The zero-order valence-corrected chi connectivity index (χ0v) is 18.1. The summed E-state index contributed by atoms with van der Waals surface area (Å²) in [5, 5.41) is 14.0.